The summed E-state index contributed by atoms with van der Waals surface area (Å²) in [7, 11) is 0. The number of aryl methyl sites for hydroxylation is 2. The minimum atomic E-state index is 0.413. The third-order valence-electron chi connectivity index (χ3n) is 2.92. The van der Waals surface area contributed by atoms with Crippen molar-refractivity contribution in [2.75, 3.05) is 5.32 Å². The predicted molar refractivity (Wildman–Crippen MR) is 72.8 cm³/mol. The normalized spacial score (nSPS) is 9.83. The minimum absolute atomic E-state index is 0.413. The SMILES string of the molecule is CCc1cc(Nc2cccnc2C#N)ccc1C. The van der Waals surface area contributed by atoms with E-state index in [1.54, 1.807) is 6.20 Å². The second-order valence-electron chi connectivity index (χ2n) is 4.13. The second-order valence-corrected chi connectivity index (χ2v) is 4.13. The monoisotopic (exact) mass is 237 g/mol. The summed E-state index contributed by atoms with van der Waals surface area (Å²) in [6, 6.07) is 12.0. The zero-order valence-electron chi connectivity index (χ0n) is 10.6. The van der Waals surface area contributed by atoms with Crippen molar-refractivity contribution in [2.45, 2.75) is 20.3 Å². The topological polar surface area (TPSA) is 48.7 Å². The number of anilines is 2. The highest BCUT2D eigenvalue weighted by atomic mass is 14.9. The Labute approximate surface area is 107 Å². The molecule has 0 aliphatic carbocycles. The third kappa shape index (κ3) is 2.49. The van der Waals surface area contributed by atoms with Gasteiger partial charge in [0.05, 0.1) is 5.69 Å². The molecule has 0 unspecified atom stereocenters. The molecule has 0 fully saturated rings. The van der Waals surface area contributed by atoms with Gasteiger partial charge in [0.15, 0.2) is 5.69 Å². The summed E-state index contributed by atoms with van der Waals surface area (Å²) in [5, 5.41) is 12.2. The van der Waals surface area contributed by atoms with E-state index < -0.39 is 0 Å². The molecule has 1 aromatic carbocycles. The smallest absolute Gasteiger partial charge is 0.163 e. The third-order valence-corrected chi connectivity index (χ3v) is 2.92. The van der Waals surface area contributed by atoms with Crippen molar-refractivity contribution in [3.63, 3.8) is 0 Å². The first kappa shape index (κ1) is 12.1. The van der Waals surface area contributed by atoms with Gasteiger partial charge in [-0.2, -0.15) is 5.26 Å². The Bertz CT molecular complexity index is 597. The molecule has 0 saturated heterocycles. The van der Waals surface area contributed by atoms with Gasteiger partial charge in [0.2, 0.25) is 0 Å². The van der Waals surface area contributed by atoms with Crippen LogP contribution in [-0.2, 0) is 6.42 Å². The van der Waals surface area contributed by atoms with Crippen LogP contribution in [0.25, 0.3) is 0 Å². The largest absolute Gasteiger partial charge is 0.353 e. The predicted octanol–water partition coefficient (Wildman–Crippen LogP) is 3.57. The van der Waals surface area contributed by atoms with E-state index >= 15 is 0 Å². The van der Waals surface area contributed by atoms with Crippen LogP contribution in [0.3, 0.4) is 0 Å². The molecule has 0 saturated carbocycles. The molecule has 1 heterocycles. The van der Waals surface area contributed by atoms with Gasteiger partial charge in [-0.25, -0.2) is 4.98 Å². The van der Waals surface area contributed by atoms with Crippen LogP contribution in [0.4, 0.5) is 11.4 Å². The van der Waals surface area contributed by atoms with Crippen LogP contribution in [0.5, 0.6) is 0 Å². The van der Waals surface area contributed by atoms with Crippen LogP contribution in [0.2, 0.25) is 0 Å². The zero-order valence-corrected chi connectivity index (χ0v) is 10.6. The van der Waals surface area contributed by atoms with Gasteiger partial charge in [0.25, 0.3) is 0 Å². The van der Waals surface area contributed by atoms with Gasteiger partial charge in [-0.15, -0.1) is 0 Å². The molecule has 2 aromatic rings. The van der Waals surface area contributed by atoms with Crippen LogP contribution in [0.15, 0.2) is 36.5 Å². The van der Waals surface area contributed by atoms with Crippen molar-refractivity contribution in [1.82, 2.24) is 4.98 Å². The fourth-order valence-electron chi connectivity index (χ4n) is 1.88. The van der Waals surface area contributed by atoms with Crippen molar-refractivity contribution in [2.24, 2.45) is 0 Å². The van der Waals surface area contributed by atoms with Crippen molar-refractivity contribution >= 4 is 11.4 Å². The first-order chi connectivity index (χ1) is 8.74. The number of nitrogens with zero attached hydrogens (tertiary/aromatic N) is 2. The van der Waals surface area contributed by atoms with Gasteiger partial charge >= 0.3 is 0 Å². The molecule has 0 radical (unpaired) electrons. The van der Waals surface area contributed by atoms with E-state index in [0.29, 0.717) is 5.69 Å². The number of nitriles is 1. The number of rotatable bonds is 3. The standard InChI is InChI=1S/C15H15N3/c1-3-12-9-13(7-6-11(12)2)18-14-5-4-8-17-15(14)10-16/h4-9,18H,3H2,1-2H3. The Morgan fingerprint density at radius 2 is 2.17 bits per heavy atom. The molecule has 1 N–H and O–H groups in total. The minimum Gasteiger partial charge on any atom is -0.353 e. The second kappa shape index (κ2) is 5.33. The molecule has 3 heteroatoms. The van der Waals surface area contributed by atoms with Gasteiger partial charge < -0.3 is 5.32 Å². The summed E-state index contributed by atoms with van der Waals surface area (Å²) < 4.78 is 0. The van der Waals surface area contributed by atoms with Crippen molar-refractivity contribution in [3.05, 3.63) is 53.3 Å². The maximum Gasteiger partial charge on any atom is 0.163 e. The van der Waals surface area contributed by atoms with E-state index in [4.69, 9.17) is 5.26 Å². The first-order valence-electron chi connectivity index (χ1n) is 5.96. The highest BCUT2D eigenvalue weighted by molar-refractivity contribution is 5.65. The molecule has 0 atom stereocenters. The van der Waals surface area contributed by atoms with E-state index in [-0.39, 0.29) is 0 Å². The highest BCUT2D eigenvalue weighted by Crippen LogP contribution is 2.21. The van der Waals surface area contributed by atoms with Gasteiger partial charge in [-0.3, -0.25) is 0 Å². The van der Waals surface area contributed by atoms with E-state index in [1.165, 1.54) is 11.1 Å². The fourth-order valence-corrected chi connectivity index (χ4v) is 1.88. The lowest BCUT2D eigenvalue weighted by Gasteiger charge is -2.10. The number of nitrogens with one attached hydrogen (secondary N) is 1. The molecule has 0 spiro atoms. The molecule has 0 aliphatic rings. The maximum absolute atomic E-state index is 8.99. The van der Waals surface area contributed by atoms with Crippen molar-refractivity contribution < 1.29 is 0 Å². The van der Waals surface area contributed by atoms with Crippen LogP contribution < -0.4 is 5.32 Å². The molecule has 0 aliphatic heterocycles. The van der Waals surface area contributed by atoms with Gasteiger partial charge in [0, 0.05) is 11.9 Å². The summed E-state index contributed by atoms with van der Waals surface area (Å²) in [5.41, 5.74) is 4.74. The molecule has 18 heavy (non-hydrogen) atoms. The number of aromatic nitrogens is 1. The van der Waals surface area contributed by atoms with Gasteiger partial charge in [-0.05, 0) is 48.7 Å². The lowest BCUT2D eigenvalue weighted by atomic mass is 10.1. The van der Waals surface area contributed by atoms with Crippen LogP contribution in [0, 0.1) is 18.3 Å². The Morgan fingerprint density at radius 3 is 2.89 bits per heavy atom. The number of pyridine rings is 1. The maximum atomic E-state index is 8.99. The van der Waals surface area contributed by atoms with Crippen molar-refractivity contribution in [3.8, 4) is 6.07 Å². The van der Waals surface area contributed by atoms with E-state index in [0.717, 1.165) is 17.8 Å². The average molecular weight is 237 g/mol. The first-order valence-corrected chi connectivity index (χ1v) is 5.96. The van der Waals surface area contributed by atoms with Gasteiger partial charge in [-0.1, -0.05) is 13.0 Å². The Morgan fingerprint density at radius 1 is 1.33 bits per heavy atom. The summed E-state index contributed by atoms with van der Waals surface area (Å²) in [6.07, 6.45) is 2.62. The Hall–Kier alpha value is -2.34. The molecule has 0 amide bonds. The molecular weight excluding hydrogens is 222 g/mol. The Kier molecular flexibility index (Phi) is 3.59. The molecule has 1 aromatic heterocycles. The van der Waals surface area contributed by atoms with E-state index in [9.17, 15) is 0 Å². The quantitative estimate of drug-likeness (QED) is 0.887. The lowest BCUT2D eigenvalue weighted by molar-refractivity contribution is 1.11. The summed E-state index contributed by atoms with van der Waals surface area (Å²) in [5.74, 6) is 0. The van der Waals surface area contributed by atoms with Crippen LogP contribution in [-0.4, -0.2) is 4.98 Å². The summed E-state index contributed by atoms with van der Waals surface area (Å²) >= 11 is 0. The molecule has 0 bridgehead atoms. The van der Waals surface area contributed by atoms with Crippen molar-refractivity contribution in [1.29, 1.82) is 5.26 Å². The lowest BCUT2D eigenvalue weighted by Crippen LogP contribution is -1.97. The summed E-state index contributed by atoms with van der Waals surface area (Å²) in [4.78, 5) is 4.03. The van der Waals surface area contributed by atoms with E-state index in [2.05, 4.69) is 42.4 Å². The van der Waals surface area contributed by atoms with Crippen LogP contribution in [0.1, 0.15) is 23.7 Å². The van der Waals surface area contributed by atoms with E-state index in [1.807, 2.05) is 18.2 Å². The average Bonchev–Trinajstić information content (AvgIpc) is 2.41. The summed E-state index contributed by atoms with van der Waals surface area (Å²) in [6.45, 7) is 4.24. The number of benzene rings is 1. The number of hydrogen-bond donors (Lipinski definition) is 1. The Balaban J connectivity index is 2.32. The fraction of sp³-hybridized carbons (Fsp3) is 0.200. The molecular formula is C15H15N3. The molecule has 3 nitrogen and oxygen atoms in total. The van der Waals surface area contributed by atoms with Crippen LogP contribution >= 0.6 is 0 Å². The zero-order chi connectivity index (χ0) is 13.0. The highest BCUT2D eigenvalue weighted by Gasteiger charge is 2.03. The molecule has 2 rings (SSSR count). The molecule has 90 valence electrons. The number of hydrogen-bond acceptors (Lipinski definition) is 3. The van der Waals surface area contributed by atoms with Gasteiger partial charge in [0.1, 0.15) is 6.07 Å².